The van der Waals surface area contributed by atoms with Crippen LogP contribution < -0.4 is 10.3 Å². The van der Waals surface area contributed by atoms with Crippen molar-refractivity contribution in [3.63, 3.8) is 0 Å². The van der Waals surface area contributed by atoms with Crippen LogP contribution in [0.4, 0.5) is 8.78 Å². The molecule has 2 aromatic heterocycles. The number of pyridine rings is 1. The lowest BCUT2D eigenvalue weighted by Gasteiger charge is -2.15. The Balaban J connectivity index is 1.87. The van der Waals surface area contributed by atoms with E-state index in [1.807, 2.05) is 0 Å². The molecule has 0 saturated heterocycles. The number of benzene rings is 1. The molecule has 3 aromatic rings. The van der Waals surface area contributed by atoms with Gasteiger partial charge in [0, 0.05) is 23.4 Å². The molecule has 1 aromatic carbocycles. The Bertz CT molecular complexity index is 1200. The molecule has 0 spiro atoms. The number of hydrogen-bond donors (Lipinski definition) is 1. The minimum absolute atomic E-state index is 0.0293. The molecule has 0 radical (unpaired) electrons. The standard InChI is InChI=1S/C21H20ClF2N3O4/c1-12-6-16(31-10-13-4-5-14(23)7-15(13)24)19(22)20(29)27(12)17-9-26(11-25-17)18(28)8-21(2,3)30/h4-7,9,11,30H,8,10H2,1-3H3. The van der Waals surface area contributed by atoms with Crippen molar-refractivity contribution in [2.45, 2.75) is 39.4 Å². The van der Waals surface area contributed by atoms with E-state index in [0.29, 0.717) is 5.69 Å². The van der Waals surface area contributed by atoms with Crippen molar-refractivity contribution in [2.24, 2.45) is 0 Å². The molecule has 0 atom stereocenters. The van der Waals surface area contributed by atoms with Crippen LogP contribution >= 0.6 is 11.6 Å². The number of aromatic nitrogens is 3. The number of nitrogens with zero attached hydrogens (tertiary/aromatic N) is 3. The minimum Gasteiger partial charge on any atom is -0.487 e. The summed E-state index contributed by atoms with van der Waals surface area (Å²) < 4.78 is 34.7. The molecule has 7 nitrogen and oxygen atoms in total. The number of carbonyl (C=O) groups is 1. The maximum absolute atomic E-state index is 13.8. The van der Waals surface area contributed by atoms with Crippen molar-refractivity contribution >= 4 is 17.5 Å². The van der Waals surface area contributed by atoms with Gasteiger partial charge in [-0.1, -0.05) is 11.6 Å². The van der Waals surface area contributed by atoms with Gasteiger partial charge in [-0.2, -0.15) is 0 Å². The SMILES string of the molecule is Cc1cc(OCc2ccc(F)cc2F)c(Cl)c(=O)n1-c1cn(C(=O)CC(C)(C)O)cn1. The van der Waals surface area contributed by atoms with Crippen LogP contribution in [0.5, 0.6) is 5.75 Å². The van der Waals surface area contributed by atoms with Gasteiger partial charge in [-0.05, 0) is 32.9 Å². The van der Waals surface area contributed by atoms with Gasteiger partial charge in [0.2, 0.25) is 5.91 Å². The maximum atomic E-state index is 13.8. The largest absolute Gasteiger partial charge is 0.487 e. The lowest BCUT2D eigenvalue weighted by molar-refractivity contribution is 0.0529. The highest BCUT2D eigenvalue weighted by molar-refractivity contribution is 6.31. The van der Waals surface area contributed by atoms with E-state index in [1.54, 1.807) is 6.92 Å². The molecular weight excluding hydrogens is 432 g/mol. The summed E-state index contributed by atoms with van der Waals surface area (Å²) in [4.78, 5) is 29.1. The lowest BCUT2D eigenvalue weighted by atomic mass is 10.1. The predicted molar refractivity (Wildman–Crippen MR) is 110 cm³/mol. The second-order valence-corrected chi connectivity index (χ2v) is 8.03. The minimum atomic E-state index is -1.19. The van der Waals surface area contributed by atoms with Crippen LogP contribution in [0.2, 0.25) is 5.02 Å². The number of rotatable bonds is 6. The number of halogens is 3. The predicted octanol–water partition coefficient (Wildman–Crippen LogP) is 3.65. The zero-order chi connectivity index (χ0) is 22.9. The van der Waals surface area contributed by atoms with Gasteiger partial charge in [-0.3, -0.25) is 18.7 Å². The quantitative estimate of drug-likeness (QED) is 0.618. The normalized spacial score (nSPS) is 11.6. The van der Waals surface area contributed by atoms with Gasteiger partial charge >= 0.3 is 0 Å². The molecule has 0 saturated carbocycles. The lowest BCUT2D eigenvalue weighted by Crippen LogP contribution is -2.26. The highest BCUT2D eigenvalue weighted by Gasteiger charge is 2.21. The van der Waals surface area contributed by atoms with Crippen molar-refractivity contribution in [1.82, 2.24) is 14.1 Å². The molecule has 0 fully saturated rings. The third-order valence-corrected chi connectivity index (χ3v) is 4.72. The summed E-state index contributed by atoms with van der Waals surface area (Å²) in [5, 5.41) is 9.55. The fourth-order valence-corrected chi connectivity index (χ4v) is 3.08. The van der Waals surface area contributed by atoms with Crippen molar-refractivity contribution in [1.29, 1.82) is 0 Å². The maximum Gasteiger partial charge on any atom is 0.279 e. The van der Waals surface area contributed by atoms with Crippen molar-refractivity contribution in [3.8, 4) is 11.6 Å². The average molecular weight is 452 g/mol. The van der Waals surface area contributed by atoms with Crippen LogP contribution in [0.15, 0.2) is 41.6 Å². The molecule has 0 bridgehead atoms. The van der Waals surface area contributed by atoms with E-state index in [9.17, 15) is 23.5 Å². The summed E-state index contributed by atoms with van der Waals surface area (Å²) in [6.07, 6.45) is 2.46. The average Bonchev–Trinajstić information content (AvgIpc) is 3.13. The smallest absolute Gasteiger partial charge is 0.279 e. The second-order valence-electron chi connectivity index (χ2n) is 7.65. The van der Waals surface area contributed by atoms with E-state index in [2.05, 4.69) is 4.98 Å². The third-order valence-electron chi connectivity index (χ3n) is 4.37. The van der Waals surface area contributed by atoms with Crippen LogP contribution in [0.3, 0.4) is 0 Å². The Labute approximate surface area is 181 Å². The van der Waals surface area contributed by atoms with Crippen LogP contribution in [-0.4, -0.2) is 30.7 Å². The number of aliphatic hydroxyl groups is 1. The summed E-state index contributed by atoms with van der Waals surface area (Å²) in [5.74, 6) is -1.70. The topological polar surface area (TPSA) is 86.3 Å². The molecule has 0 amide bonds. The summed E-state index contributed by atoms with van der Waals surface area (Å²) in [6, 6.07) is 4.55. The molecule has 164 valence electrons. The van der Waals surface area contributed by atoms with E-state index < -0.39 is 28.7 Å². The van der Waals surface area contributed by atoms with Gasteiger partial charge in [0.1, 0.15) is 35.3 Å². The van der Waals surface area contributed by atoms with Crippen LogP contribution in [0.1, 0.15) is 36.3 Å². The number of carbonyl (C=O) groups excluding carboxylic acids is 1. The third kappa shape index (κ3) is 5.18. The fraction of sp³-hybridized carbons (Fsp3) is 0.286. The summed E-state index contributed by atoms with van der Waals surface area (Å²) in [5.41, 5.74) is -1.33. The van der Waals surface area contributed by atoms with E-state index in [4.69, 9.17) is 16.3 Å². The number of hydrogen-bond acceptors (Lipinski definition) is 5. The zero-order valence-corrected chi connectivity index (χ0v) is 17.8. The van der Waals surface area contributed by atoms with Crippen LogP contribution in [0.25, 0.3) is 5.82 Å². The first-order valence-corrected chi connectivity index (χ1v) is 9.63. The van der Waals surface area contributed by atoms with Crippen molar-refractivity contribution in [2.75, 3.05) is 0 Å². The summed E-state index contributed by atoms with van der Waals surface area (Å²) in [6.45, 7) is 4.37. The molecule has 31 heavy (non-hydrogen) atoms. The molecule has 3 rings (SSSR count). The molecule has 0 aliphatic rings. The van der Waals surface area contributed by atoms with E-state index >= 15 is 0 Å². The molecule has 0 aliphatic carbocycles. The molecule has 1 N–H and O–H groups in total. The summed E-state index contributed by atoms with van der Waals surface area (Å²) in [7, 11) is 0. The van der Waals surface area contributed by atoms with E-state index in [1.165, 1.54) is 47.6 Å². The van der Waals surface area contributed by atoms with E-state index in [-0.39, 0.29) is 35.2 Å². The summed E-state index contributed by atoms with van der Waals surface area (Å²) >= 11 is 6.16. The zero-order valence-electron chi connectivity index (χ0n) is 17.0. The van der Waals surface area contributed by atoms with Gasteiger partial charge in [-0.25, -0.2) is 13.8 Å². The first-order chi connectivity index (χ1) is 14.5. The molecule has 10 heteroatoms. The van der Waals surface area contributed by atoms with Crippen molar-refractivity contribution < 1.29 is 23.4 Å². The molecular formula is C21H20ClF2N3O4. The number of aryl methyl sites for hydroxylation is 1. The first kappa shape index (κ1) is 22.6. The Morgan fingerprint density at radius 1 is 1.29 bits per heavy atom. The highest BCUT2D eigenvalue weighted by Crippen LogP contribution is 2.25. The van der Waals surface area contributed by atoms with Gasteiger partial charge in [-0.15, -0.1) is 0 Å². The molecule has 2 heterocycles. The van der Waals surface area contributed by atoms with Gasteiger partial charge in [0.25, 0.3) is 5.56 Å². The van der Waals surface area contributed by atoms with Crippen molar-refractivity contribution in [3.05, 3.63) is 75.1 Å². The first-order valence-electron chi connectivity index (χ1n) is 9.25. The van der Waals surface area contributed by atoms with Crippen LogP contribution in [-0.2, 0) is 6.61 Å². The second kappa shape index (κ2) is 8.60. The molecule has 0 aliphatic heterocycles. The van der Waals surface area contributed by atoms with E-state index in [0.717, 1.165) is 12.1 Å². The highest BCUT2D eigenvalue weighted by atomic mass is 35.5. The molecule has 0 unspecified atom stereocenters. The van der Waals surface area contributed by atoms with Gasteiger partial charge in [0.05, 0.1) is 18.2 Å². The van der Waals surface area contributed by atoms with Gasteiger partial charge in [0.15, 0.2) is 5.82 Å². The Kier molecular flexibility index (Phi) is 6.28. The Hall–Kier alpha value is -3.04. The van der Waals surface area contributed by atoms with Crippen LogP contribution in [0, 0.1) is 18.6 Å². The Morgan fingerprint density at radius 3 is 2.65 bits per heavy atom. The Morgan fingerprint density at radius 2 is 2.00 bits per heavy atom. The monoisotopic (exact) mass is 451 g/mol. The number of imidazole rings is 1. The number of ether oxygens (including phenoxy) is 1. The fourth-order valence-electron chi connectivity index (χ4n) is 2.89. The van der Waals surface area contributed by atoms with Gasteiger partial charge < -0.3 is 9.84 Å².